The Bertz CT molecular complexity index is 696. The van der Waals surface area contributed by atoms with Crippen LogP contribution in [0.15, 0.2) is 28.7 Å². The summed E-state index contributed by atoms with van der Waals surface area (Å²) in [5.74, 6) is 1.60. The van der Waals surface area contributed by atoms with Crippen LogP contribution in [0.5, 0.6) is 5.88 Å². The van der Waals surface area contributed by atoms with Crippen LogP contribution in [-0.4, -0.2) is 50.7 Å². The van der Waals surface area contributed by atoms with Crippen LogP contribution in [0.1, 0.15) is 31.2 Å². The molecule has 1 unspecified atom stereocenters. The molecule has 0 spiro atoms. The summed E-state index contributed by atoms with van der Waals surface area (Å²) < 4.78 is 16.8. The zero-order chi connectivity index (χ0) is 19.1. The number of aliphatic imine (C=N–C) groups is 1. The van der Waals surface area contributed by atoms with E-state index in [9.17, 15) is 0 Å². The van der Waals surface area contributed by atoms with Crippen LogP contribution in [0.2, 0.25) is 0 Å². The fourth-order valence-corrected chi connectivity index (χ4v) is 3.47. The van der Waals surface area contributed by atoms with Crippen LogP contribution >= 0.6 is 0 Å². The summed E-state index contributed by atoms with van der Waals surface area (Å²) in [7, 11) is 1.62. The van der Waals surface area contributed by atoms with E-state index in [1.807, 2.05) is 13.0 Å². The molecule has 0 bridgehead atoms. The third kappa shape index (κ3) is 5.43. The predicted octanol–water partition coefficient (Wildman–Crippen LogP) is 2.47. The number of nitrogens with one attached hydrogen (secondary N) is 1. The van der Waals surface area contributed by atoms with E-state index in [1.54, 1.807) is 13.3 Å². The topological polar surface area (TPSA) is 91.0 Å². The molecule has 7 nitrogen and oxygen atoms in total. The fourth-order valence-electron chi connectivity index (χ4n) is 3.47. The van der Waals surface area contributed by atoms with Crippen molar-refractivity contribution in [3.63, 3.8) is 0 Å². The lowest BCUT2D eigenvalue weighted by Crippen LogP contribution is -2.32. The summed E-state index contributed by atoms with van der Waals surface area (Å²) in [4.78, 5) is 9.11. The highest BCUT2D eigenvalue weighted by Crippen LogP contribution is 2.24. The van der Waals surface area contributed by atoms with Crippen LogP contribution in [0.4, 0.5) is 5.69 Å². The Morgan fingerprint density at radius 3 is 3.00 bits per heavy atom. The fraction of sp³-hybridized carbons (Fsp3) is 0.600. The van der Waals surface area contributed by atoms with Crippen LogP contribution < -0.4 is 15.8 Å². The Balaban J connectivity index is 1.78. The van der Waals surface area contributed by atoms with Crippen molar-refractivity contribution in [1.82, 2.24) is 10.3 Å². The van der Waals surface area contributed by atoms with Gasteiger partial charge in [-0.15, -0.1) is 0 Å². The number of pyridine rings is 1. The number of nitrogens with zero attached hydrogens (tertiary/aromatic N) is 2. The van der Waals surface area contributed by atoms with Crippen molar-refractivity contribution in [1.29, 1.82) is 0 Å². The monoisotopic (exact) mass is 374 g/mol. The molecule has 0 aromatic carbocycles. The minimum Gasteiger partial charge on any atom is -0.481 e. The van der Waals surface area contributed by atoms with Crippen molar-refractivity contribution in [2.24, 2.45) is 16.6 Å². The van der Waals surface area contributed by atoms with Gasteiger partial charge in [0, 0.05) is 36.4 Å². The Hall–Kier alpha value is -2.12. The molecule has 0 amide bonds. The average Bonchev–Trinajstić information content (AvgIpc) is 2.92. The number of hydrogen-bond acceptors (Lipinski definition) is 7. The molecule has 2 saturated heterocycles. The maximum atomic E-state index is 6.32. The van der Waals surface area contributed by atoms with Crippen LogP contribution in [-0.2, 0) is 9.47 Å². The molecule has 148 valence electrons. The minimum atomic E-state index is 0.475. The van der Waals surface area contributed by atoms with E-state index in [4.69, 9.17) is 24.9 Å². The molecule has 3 N–H and O–H groups in total. The second-order valence-electron chi connectivity index (χ2n) is 7.06. The van der Waals surface area contributed by atoms with Crippen molar-refractivity contribution in [2.75, 3.05) is 40.0 Å². The standard InChI is InChI=1S/C20H30N4O3/c1-14-10-16(12-23-20(14)25-2)24-18-6-9-26-8-5-17(18)19(21)27-13-15-4-3-7-22-11-15/h10,12,15,22H,3-9,11,13,21H2,1-2H3. The van der Waals surface area contributed by atoms with Gasteiger partial charge in [0.2, 0.25) is 5.88 Å². The third-order valence-corrected chi connectivity index (χ3v) is 4.97. The quantitative estimate of drug-likeness (QED) is 0.770. The molecule has 0 aliphatic carbocycles. The van der Waals surface area contributed by atoms with E-state index in [1.165, 1.54) is 12.8 Å². The van der Waals surface area contributed by atoms with E-state index in [2.05, 4.69) is 10.3 Å². The molecule has 1 aromatic heterocycles. The number of rotatable bonds is 5. The van der Waals surface area contributed by atoms with E-state index in [0.717, 1.165) is 35.6 Å². The largest absolute Gasteiger partial charge is 0.481 e. The lowest BCUT2D eigenvalue weighted by atomic mass is 10.0. The molecule has 1 aromatic rings. The molecule has 27 heavy (non-hydrogen) atoms. The number of hydrogen-bond donors (Lipinski definition) is 2. The summed E-state index contributed by atoms with van der Waals surface area (Å²) in [5, 5.41) is 3.41. The van der Waals surface area contributed by atoms with Crippen molar-refractivity contribution < 1.29 is 14.2 Å². The van der Waals surface area contributed by atoms with E-state index in [-0.39, 0.29) is 0 Å². The Morgan fingerprint density at radius 1 is 1.41 bits per heavy atom. The predicted molar refractivity (Wildman–Crippen MR) is 105 cm³/mol. The molecule has 2 aliphatic heterocycles. The Labute approximate surface area is 161 Å². The number of piperidine rings is 1. The van der Waals surface area contributed by atoms with Gasteiger partial charge in [-0.1, -0.05) is 0 Å². The first-order chi connectivity index (χ1) is 13.2. The first kappa shape index (κ1) is 19.6. The number of nitrogens with two attached hydrogens (primary N) is 1. The summed E-state index contributed by atoms with van der Waals surface area (Å²) >= 11 is 0. The van der Waals surface area contributed by atoms with E-state index >= 15 is 0 Å². The summed E-state index contributed by atoms with van der Waals surface area (Å²) in [6, 6.07) is 1.97. The highest BCUT2D eigenvalue weighted by molar-refractivity contribution is 6.02. The van der Waals surface area contributed by atoms with Gasteiger partial charge in [0.1, 0.15) is 0 Å². The number of aryl methyl sites for hydroxylation is 1. The van der Waals surface area contributed by atoms with Gasteiger partial charge in [-0.25, -0.2) is 4.98 Å². The average molecular weight is 374 g/mol. The van der Waals surface area contributed by atoms with Gasteiger partial charge in [-0.2, -0.15) is 0 Å². The molecule has 0 saturated carbocycles. The molecule has 7 heteroatoms. The van der Waals surface area contributed by atoms with Crippen molar-refractivity contribution in [3.8, 4) is 5.88 Å². The molecule has 3 heterocycles. The number of aromatic nitrogens is 1. The zero-order valence-corrected chi connectivity index (χ0v) is 16.3. The number of methoxy groups -OCH3 is 1. The van der Waals surface area contributed by atoms with Crippen molar-refractivity contribution in [2.45, 2.75) is 32.6 Å². The molecule has 3 rings (SSSR count). The van der Waals surface area contributed by atoms with E-state index in [0.29, 0.717) is 50.3 Å². The maximum Gasteiger partial charge on any atom is 0.216 e. The van der Waals surface area contributed by atoms with Gasteiger partial charge < -0.3 is 25.3 Å². The molecule has 2 aliphatic rings. The van der Waals surface area contributed by atoms with E-state index < -0.39 is 0 Å². The van der Waals surface area contributed by atoms with Gasteiger partial charge in [0.15, 0.2) is 5.88 Å². The maximum absolute atomic E-state index is 6.32. The second kappa shape index (κ2) is 9.71. The molecule has 1 atom stereocenters. The first-order valence-electron chi connectivity index (χ1n) is 9.66. The summed E-state index contributed by atoms with van der Waals surface area (Å²) in [5.41, 5.74) is 9.92. The van der Waals surface area contributed by atoms with Gasteiger partial charge >= 0.3 is 0 Å². The van der Waals surface area contributed by atoms with Gasteiger partial charge in [0.05, 0.1) is 44.5 Å². The normalized spacial score (nSPS) is 24.4. The summed E-state index contributed by atoms with van der Waals surface area (Å²) in [6.07, 6.45) is 5.49. The van der Waals surface area contributed by atoms with Gasteiger partial charge in [0.25, 0.3) is 0 Å². The smallest absolute Gasteiger partial charge is 0.216 e. The van der Waals surface area contributed by atoms with Gasteiger partial charge in [-0.05, 0) is 32.4 Å². The zero-order valence-electron chi connectivity index (χ0n) is 16.3. The molecular weight excluding hydrogens is 344 g/mol. The van der Waals surface area contributed by atoms with Crippen LogP contribution in [0.3, 0.4) is 0 Å². The highest BCUT2D eigenvalue weighted by Gasteiger charge is 2.19. The van der Waals surface area contributed by atoms with Crippen LogP contribution in [0.25, 0.3) is 0 Å². The third-order valence-electron chi connectivity index (χ3n) is 4.97. The van der Waals surface area contributed by atoms with Crippen molar-refractivity contribution >= 4 is 11.4 Å². The second-order valence-corrected chi connectivity index (χ2v) is 7.06. The first-order valence-corrected chi connectivity index (χ1v) is 9.66. The van der Waals surface area contributed by atoms with Crippen molar-refractivity contribution in [3.05, 3.63) is 29.3 Å². The highest BCUT2D eigenvalue weighted by atomic mass is 16.5. The molecule has 0 radical (unpaired) electrons. The summed E-state index contributed by atoms with van der Waals surface area (Å²) in [6.45, 7) is 5.94. The SMILES string of the molecule is COc1ncc(N=C2CCOCCC2=C(N)OCC2CCCNC2)cc1C. The number of ether oxygens (including phenoxy) is 3. The van der Waals surface area contributed by atoms with Crippen LogP contribution in [0, 0.1) is 12.8 Å². The minimum absolute atomic E-state index is 0.475. The molecular formula is C20H30N4O3. The lowest BCUT2D eigenvalue weighted by molar-refractivity contribution is 0.138. The van der Waals surface area contributed by atoms with Gasteiger partial charge in [-0.3, -0.25) is 4.99 Å². The Kier molecular flexibility index (Phi) is 7.06. The lowest BCUT2D eigenvalue weighted by Gasteiger charge is -2.23. The Morgan fingerprint density at radius 2 is 2.26 bits per heavy atom. The molecule has 2 fully saturated rings.